The van der Waals surface area contributed by atoms with Crippen LogP contribution in [0.2, 0.25) is 12.6 Å². The summed E-state index contributed by atoms with van der Waals surface area (Å²) in [5.41, 5.74) is 0.561. The van der Waals surface area contributed by atoms with Crippen molar-refractivity contribution in [2.75, 3.05) is 13.1 Å². The maximum absolute atomic E-state index is 8.81. The van der Waals surface area contributed by atoms with Crippen LogP contribution in [0.3, 0.4) is 0 Å². The molecule has 2 fully saturated rings. The third-order valence-electron chi connectivity index (χ3n) is 3.55. The molecule has 0 bridgehead atoms. The molecular formula is C9H15BN2. The van der Waals surface area contributed by atoms with Crippen molar-refractivity contribution in [1.29, 1.82) is 5.26 Å². The highest BCUT2D eigenvalue weighted by Gasteiger charge is 2.41. The second-order valence-electron chi connectivity index (χ2n) is 4.32. The third-order valence-corrected chi connectivity index (χ3v) is 3.55. The lowest BCUT2D eigenvalue weighted by molar-refractivity contribution is 0.233. The van der Waals surface area contributed by atoms with E-state index in [-0.39, 0.29) is 0 Å². The molecule has 1 spiro atoms. The van der Waals surface area contributed by atoms with E-state index in [4.69, 9.17) is 5.26 Å². The number of nitriles is 1. The standard InChI is InChI=1S/C9H15BN2/c11-8-10-4-1-9(7-10)2-5-12-6-3-9/h12H,1-7H2. The van der Waals surface area contributed by atoms with Crippen LogP contribution in [-0.4, -0.2) is 19.8 Å². The van der Waals surface area contributed by atoms with Crippen LogP contribution in [0.25, 0.3) is 0 Å². The molecule has 2 saturated heterocycles. The summed E-state index contributed by atoms with van der Waals surface area (Å²) in [7, 11) is 0. The maximum atomic E-state index is 8.81. The fraction of sp³-hybridized carbons (Fsp3) is 0.889. The molecule has 12 heavy (non-hydrogen) atoms. The van der Waals surface area contributed by atoms with E-state index in [1.165, 1.54) is 25.6 Å². The highest BCUT2D eigenvalue weighted by atomic mass is 14.9. The molecule has 0 amide bonds. The molecule has 64 valence electrons. The number of hydrogen-bond donors (Lipinski definition) is 1. The summed E-state index contributed by atoms with van der Waals surface area (Å²) >= 11 is 0. The highest BCUT2D eigenvalue weighted by molar-refractivity contribution is 6.67. The number of hydrogen-bond acceptors (Lipinski definition) is 2. The summed E-state index contributed by atoms with van der Waals surface area (Å²) in [6, 6.07) is 0. The van der Waals surface area contributed by atoms with Gasteiger partial charge in [-0.1, -0.05) is 19.1 Å². The van der Waals surface area contributed by atoms with E-state index in [1.54, 1.807) is 0 Å². The summed E-state index contributed by atoms with van der Waals surface area (Å²) in [6.45, 7) is 2.69. The first-order valence-corrected chi connectivity index (χ1v) is 4.95. The van der Waals surface area contributed by atoms with Gasteiger partial charge in [0.15, 0.2) is 0 Å². The quantitative estimate of drug-likeness (QED) is 0.545. The first kappa shape index (κ1) is 8.13. The Bertz CT molecular complexity index is 203. The predicted octanol–water partition coefficient (Wildman–Crippen LogP) is 1.32. The first-order chi connectivity index (χ1) is 5.85. The Balaban J connectivity index is 1.99. The second-order valence-corrected chi connectivity index (χ2v) is 4.32. The largest absolute Gasteiger partial charge is 0.317 e. The molecule has 0 saturated carbocycles. The van der Waals surface area contributed by atoms with Gasteiger partial charge in [-0.05, 0) is 31.3 Å². The zero-order valence-electron chi connectivity index (χ0n) is 7.47. The van der Waals surface area contributed by atoms with E-state index in [0.717, 1.165) is 19.4 Å². The van der Waals surface area contributed by atoms with Crippen molar-refractivity contribution in [1.82, 2.24) is 5.32 Å². The SMILES string of the molecule is N#CB1CCC2(CCNCC2)C1. The van der Waals surface area contributed by atoms with Gasteiger partial charge in [-0.3, -0.25) is 0 Å². The van der Waals surface area contributed by atoms with Crippen LogP contribution in [0.5, 0.6) is 0 Å². The van der Waals surface area contributed by atoms with Crippen LogP contribution in [0.1, 0.15) is 19.3 Å². The number of piperidine rings is 1. The molecule has 0 aliphatic carbocycles. The molecule has 2 rings (SSSR count). The van der Waals surface area contributed by atoms with Gasteiger partial charge in [0.25, 0.3) is 6.71 Å². The molecule has 1 N–H and O–H groups in total. The fourth-order valence-electron chi connectivity index (χ4n) is 2.73. The molecule has 3 heteroatoms. The van der Waals surface area contributed by atoms with Crippen LogP contribution in [-0.2, 0) is 0 Å². The van der Waals surface area contributed by atoms with E-state index in [0.29, 0.717) is 12.1 Å². The summed E-state index contributed by atoms with van der Waals surface area (Å²) in [6.07, 6.45) is 6.21. The summed E-state index contributed by atoms with van der Waals surface area (Å²) < 4.78 is 0. The monoisotopic (exact) mass is 162 g/mol. The van der Waals surface area contributed by atoms with Crippen molar-refractivity contribution < 1.29 is 0 Å². The Morgan fingerprint density at radius 2 is 2.00 bits per heavy atom. The molecule has 0 unspecified atom stereocenters. The molecule has 2 aliphatic rings. The van der Waals surface area contributed by atoms with E-state index >= 15 is 0 Å². The zero-order chi connectivity index (χ0) is 8.44. The van der Waals surface area contributed by atoms with E-state index < -0.39 is 0 Å². The van der Waals surface area contributed by atoms with Gasteiger partial charge in [0.1, 0.15) is 0 Å². The van der Waals surface area contributed by atoms with Crippen molar-refractivity contribution in [3.05, 3.63) is 0 Å². The molecule has 2 heterocycles. The lowest BCUT2D eigenvalue weighted by Crippen LogP contribution is -2.35. The number of rotatable bonds is 0. The van der Waals surface area contributed by atoms with Crippen molar-refractivity contribution in [2.45, 2.75) is 31.9 Å². The van der Waals surface area contributed by atoms with Crippen molar-refractivity contribution in [3.63, 3.8) is 0 Å². The lowest BCUT2D eigenvalue weighted by Gasteiger charge is -2.33. The smallest absolute Gasteiger partial charge is 0.268 e. The molecular weight excluding hydrogens is 147 g/mol. The second kappa shape index (κ2) is 3.10. The van der Waals surface area contributed by atoms with Crippen LogP contribution in [0.15, 0.2) is 0 Å². The minimum Gasteiger partial charge on any atom is -0.317 e. The fourth-order valence-corrected chi connectivity index (χ4v) is 2.73. The van der Waals surface area contributed by atoms with Crippen LogP contribution in [0.4, 0.5) is 0 Å². The minimum absolute atomic E-state index is 0.364. The van der Waals surface area contributed by atoms with Gasteiger partial charge in [0, 0.05) is 5.97 Å². The summed E-state index contributed by atoms with van der Waals surface area (Å²) in [4.78, 5) is 0. The maximum Gasteiger partial charge on any atom is 0.268 e. The Labute approximate surface area is 74.4 Å². The van der Waals surface area contributed by atoms with Gasteiger partial charge in [0.2, 0.25) is 0 Å². The average Bonchev–Trinajstić information content (AvgIpc) is 2.50. The van der Waals surface area contributed by atoms with Crippen molar-refractivity contribution in [2.24, 2.45) is 5.41 Å². The van der Waals surface area contributed by atoms with Crippen LogP contribution in [0, 0.1) is 16.6 Å². The van der Waals surface area contributed by atoms with Crippen LogP contribution >= 0.6 is 0 Å². The van der Waals surface area contributed by atoms with E-state index in [2.05, 4.69) is 11.3 Å². The number of nitrogens with zero attached hydrogens (tertiary/aromatic N) is 1. The normalized spacial score (nSPS) is 27.4. The Morgan fingerprint density at radius 3 is 2.58 bits per heavy atom. The average molecular weight is 162 g/mol. The van der Waals surface area contributed by atoms with Gasteiger partial charge in [-0.25, -0.2) is 5.26 Å². The molecule has 0 aromatic carbocycles. The lowest BCUT2D eigenvalue weighted by atomic mass is 9.48. The van der Waals surface area contributed by atoms with E-state index in [1.807, 2.05) is 0 Å². The van der Waals surface area contributed by atoms with Gasteiger partial charge < -0.3 is 5.32 Å². The van der Waals surface area contributed by atoms with Gasteiger partial charge >= 0.3 is 0 Å². The molecule has 0 aromatic rings. The van der Waals surface area contributed by atoms with Gasteiger partial charge in [0.05, 0.1) is 0 Å². The predicted molar refractivity (Wildman–Crippen MR) is 50.1 cm³/mol. The topological polar surface area (TPSA) is 35.8 Å². The Hall–Kier alpha value is -0.485. The zero-order valence-corrected chi connectivity index (χ0v) is 7.47. The molecule has 2 nitrogen and oxygen atoms in total. The number of nitrogens with one attached hydrogen (secondary N) is 1. The Kier molecular flexibility index (Phi) is 2.10. The van der Waals surface area contributed by atoms with Crippen molar-refractivity contribution in [3.8, 4) is 5.97 Å². The highest BCUT2D eigenvalue weighted by Crippen LogP contribution is 2.45. The van der Waals surface area contributed by atoms with Gasteiger partial charge in [-0.2, -0.15) is 0 Å². The molecule has 2 aliphatic heterocycles. The minimum atomic E-state index is 0.364. The summed E-state index contributed by atoms with van der Waals surface area (Å²) in [5.74, 6) is 2.42. The molecule has 0 radical (unpaired) electrons. The third kappa shape index (κ3) is 1.36. The first-order valence-electron chi connectivity index (χ1n) is 4.95. The van der Waals surface area contributed by atoms with Gasteiger partial charge in [-0.15, -0.1) is 0 Å². The van der Waals surface area contributed by atoms with E-state index in [9.17, 15) is 0 Å². The Morgan fingerprint density at radius 1 is 1.25 bits per heavy atom. The summed E-state index contributed by atoms with van der Waals surface area (Å²) in [5, 5.41) is 12.2. The molecule has 0 aromatic heterocycles. The molecule has 0 atom stereocenters. The van der Waals surface area contributed by atoms with Crippen LogP contribution < -0.4 is 5.32 Å². The van der Waals surface area contributed by atoms with Crippen molar-refractivity contribution >= 4 is 6.71 Å².